The highest BCUT2D eigenvalue weighted by atomic mass is 19.4. The largest absolute Gasteiger partial charge is 0.417 e. The van der Waals surface area contributed by atoms with Crippen molar-refractivity contribution in [3.63, 3.8) is 0 Å². The predicted molar refractivity (Wildman–Crippen MR) is 254 cm³/mol. The van der Waals surface area contributed by atoms with Crippen LogP contribution in [0.5, 0.6) is 0 Å². The lowest BCUT2D eigenvalue weighted by Crippen LogP contribution is -2.55. The molecule has 0 aliphatic carbocycles. The number of fused-ring (bicyclic) bond motifs is 1. The fourth-order valence-corrected chi connectivity index (χ4v) is 9.00. The third kappa shape index (κ3) is 12.7. The smallest absolute Gasteiger partial charge is 0.382 e. The minimum Gasteiger partial charge on any atom is -0.382 e. The Morgan fingerprint density at radius 1 is 0.819 bits per heavy atom. The number of hydrogen-bond donors (Lipinski definition) is 4. The normalized spacial score (nSPS) is 19.6. The average Bonchev–Trinajstić information content (AvgIpc) is 3.60. The number of anilines is 3. The average molecular weight is 1010 g/mol. The van der Waals surface area contributed by atoms with E-state index in [1.54, 1.807) is 23.1 Å². The number of halogens is 4. The lowest BCUT2D eigenvalue weighted by atomic mass is 9.96. The van der Waals surface area contributed by atoms with Gasteiger partial charge in [0.1, 0.15) is 11.9 Å². The summed E-state index contributed by atoms with van der Waals surface area (Å²) in [6.45, 7) is 7.80. The molecule has 2 aromatic carbocycles. The molecule has 0 saturated carbocycles. The van der Waals surface area contributed by atoms with Crippen LogP contribution in [0.4, 0.5) is 34.6 Å². The Bertz CT molecular complexity index is 2610. The number of likely N-dealkylation sites (N-methyl/N-ethyl adjacent to an activating group) is 1. The van der Waals surface area contributed by atoms with Crippen molar-refractivity contribution in [1.29, 1.82) is 0 Å². The van der Waals surface area contributed by atoms with Crippen molar-refractivity contribution in [1.82, 2.24) is 25.0 Å². The van der Waals surface area contributed by atoms with Crippen LogP contribution in [0.25, 0.3) is 5.57 Å². The maximum absolute atomic E-state index is 16.1. The summed E-state index contributed by atoms with van der Waals surface area (Å²) in [4.78, 5) is 97.2. The van der Waals surface area contributed by atoms with Crippen molar-refractivity contribution in [3.05, 3.63) is 92.7 Å². The van der Waals surface area contributed by atoms with Gasteiger partial charge in [0, 0.05) is 74.7 Å². The number of ether oxygens (including phenoxy) is 4. The zero-order valence-corrected chi connectivity index (χ0v) is 40.2. The van der Waals surface area contributed by atoms with Crippen LogP contribution in [0.2, 0.25) is 0 Å². The number of piperazine rings is 1. The minimum atomic E-state index is -4.99. The molecule has 2 fully saturated rings. The second-order valence-electron chi connectivity index (χ2n) is 17.8. The number of nitrogens with zero attached hydrogens (tertiary/aromatic N) is 4. The van der Waals surface area contributed by atoms with Crippen LogP contribution in [0.3, 0.4) is 0 Å². The number of benzene rings is 2. The third-order valence-corrected chi connectivity index (χ3v) is 13.0. The standard InChI is InChI=1S/C49H58F4N8O11/c1-29-27-60(28-30(2)58(29)3)40-25-36(50)33(23-38(40)56-45(65)34-26-55-42(63)24-35(34)49(51,52)53)31-9-13-59(14-10-31)43(64)11-15-69-17-19-71-21-22-72-20-18-70-16-12-54-37-6-4-5-32-44(37)48(68)61(47(32)67)39-7-8-41(62)57-46(39)66/h4-6,9,23-26,29-30,39,54H,7-8,10-22,27-28H2,1-3H3,(H,55,63)(H,56,65)(H,57,62,66)/t29-,30+,39?. The quantitative estimate of drug-likeness (QED) is 0.0676. The Labute approximate surface area is 412 Å². The van der Waals surface area contributed by atoms with Gasteiger partial charge in [0.25, 0.3) is 17.7 Å². The summed E-state index contributed by atoms with van der Waals surface area (Å²) >= 11 is 0. The summed E-state index contributed by atoms with van der Waals surface area (Å²) in [5.74, 6) is -4.21. The van der Waals surface area contributed by atoms with Crippen LogP contribution in [0, 0.1) is 5.82 Å². The molecule has 19 nitrogen and oxygen atoms in total. The highest BCUT2D eigenvalue weighted by Gasteiger charge is 2.46. The molecule has 5 heterocycles. The van der Waals surface area contributed by atoms with Crippen LogP contribution in [-0.4, -0.2) is 166 Å². The Morgan fingerprint density at radius 3 is 2.12 bits per heavy atom. The Kier molecular flexibility index (Phi) is 17.6. The molecule has 4 N–H and O–H groups in total. The van der Waals surface area contributed by atoms with Gasteiger partial charge in [-0.15, -0.1) is 0 Å². The number of alkyl halides is 3. The van der Waals surface area contributed by atoms with Crippen LogP contribution >= 0.6 is 0 Å². The number of imide groups is 2. The highest BCUT2D eigenvalue weighted by Crippen LogP contribution is 2.38. The first-order valence-corrected chi connectivity index (χ1v) is 23.7. The molecule has 0 radical (unpaired) electrons. The highest BCUT2D eigenvalue weighted by molar-refractivity contribution is 6.25. The molecule has 3 atom stereocenters. The second kappa shape index (κ2) is 23.8. The van der Waals surface area contributed by atoms with Gasteiger partial charge in [-0.2, -0.15) is 13.2 Å². The number of aromatic amines is 1. The van der Waals surface area contributed by atoms with Crippen molar-refractivity contribution in [2.24, 2.45) is 0 Å². The van der Waals surface area contributed by atoms with E-state index in [0.717, 1.165) is 4.90 Å². The van der Waals surface area contributed by atoms with Gasteiger partial charge in [0.05, 0.1) is 92.9 Å². The molecular formula is C49H58F4N8O11. The molecule has 0 spiro atoms. The molecule has 23 heteroatoms. The molecule has 7 rings (SSSR count). The van der Waals surface area contributed by atoms with Gasteiger partial charge in [0.2, 0.25) is 23.3 Å². The van der Waals surface area contributed by atoms with E-state index in [2.05, 4.69) is 25.8 Å². The van der Waals surface area contributed by atoms with Crippen molar-refractivity contribution >= 4 is 58.1 Å². The number of rotatable bonds is 21. The number of amides is 6. The predicted octanol–water partition coefficient (Wildman–Crippen LogP) is 3.90. The molecule has 1 unspecified atom stereocenters. The molecule has 388 valence electrons. The van der Waals surface area contributed by atoms with Gasteiger partial charge >= 0.3 is 6.18 Å². The lowest BCUT2D eigenvalue weighted by Gasteiger charge is -2.44. The number of carbonyl (C=O) groups is 6. The van der Waals surface area contributed by atoms with Crippen LogP contribution in [0.1, 0.15) is 81.7 Å². The van der Waals surface area contributed by atoms with E-state index in [9.17, 15) is 46.7 Å². The van der Waals surface area contributed by atoms with E-state index in [1.807, 2.05) is 25.8 Å². The maximum Gasteiger partial charge on any atom is 0.417 e. The van der Waals surface area contributed by atoms with E-state index < -0.39 is 64.3 Å². The van der Waals surface area contributed by atoms with Gasteiger partial charge in [-0.1, -0.05) is 12.1 Å². The molecule has 1 aromatic heterocycles. The number of H-pyrrole nitrogens is 1. The van der Waals surface area contributed by atoms with E-state index >= 15 is 4.39 Å². The van der Waals surface area contributed by atoms with Crippen LogP contribution in [-0.2, 0) is 39.5 Å². The monoisotopic (exact) mass is 1010 g/mol. The summed E-state index contributed by atoms with van der Waals surface area (Å²) in [7, 11) is 1.96. The summed E-state index contributed by atoms with van der Waals surface area (Å²) in [5, 5.41) is 7.87. The molecule has 3 aromatic rings. The molecular weight excluding hydrogens is 953 g/mol. The van der Waals surface area contributed by atoms with Gasteiger partial charge in [0.15, 0.2) is 0 Å². The molecule has 6 amide bonds. The summed E-state index contributed by atoms with van der Waals surface area (Å²) in [6, 6.07) is 6.85. The van der Waals surface area contributed by atoms with Gasteiger partial charge in [-0.05, 0) is 63.6 Å². The first-order valence-electron chi connectivity index (χ1n) is 23.7. The number of nitrogens with one attached hydrogen (secondary N) is 4. The van der Waals surface area contributed by atoms with E-state index in [1.165, 1.54) is 18.2 Å². The van der Waals surface area contributed by atoms with Crippen molar-refractivity contribution in [2.75, 3.05) is 108 Å². The number of hydrogen-bond acceptors (Lipinski definition) is 14. The summed E-state index contributed by atoms with van der Waals surface area (Å²) in [6.07, 6.45) is -2.10. The Morgan fingerprint density at radius 2 is 1.49 bits per heavy atom. The number of piperidine rings is 1. The Balaban J connectivity index is 0.788. The Hall–Kier alpha value is -6.53. The first kappa shape index (κ1) is 53.3. The molecule has 4 aliphatic rings. The van der Waals surface area contributed by atoms with Crippen molar-refractivity contribution < 1.29 is 65.3 Å². The SMILES string of the molecule is C[C@@H]1CN(c2cc(F)c(C3=CCN(C(=O)CCOCCOCCOCCOCCNc4cccc5c4C(=O)N(C4CCC(=O)NC4=O)C5=O)CC3)cc2NC(=O)c2c[nH]c(=O)cc2C(F)(F)F)C[C@H](C)N1C. The van der Waals surface area contributed by atoms with Crippen molar-refractivity contribution in [2.45, 2.75) is 63.8 Å². The third-order valence-electron chi connectivity index (χ3n) is 13.0. The second-order valence-corrected chi connectivity index (χ2v) is 17.8. The molecule has 2 saturated heterocycles. The lowest BCUT2D eigenvalue weighted by molar-refractivity contribution is -0.138. The zero-order valence-electron chi connectivity index (χ0n) is 40.2. The summed E-state index contributed by atoms with van der Waals surface area (Å²) in [5.41, 5.74) is -1.36. The van der Waals surface area contributed by atoms with Gasteiger partial charge in [-0.25, -0.2) is 4.39 Å². The number of pyridine rings is 1. The minimum absolute atomic E-state index is 0.0315. The maximum atomic E-state index is 16.1. The van der Waals surface area contributed by atoms with E-state index in [0.29, 0.717) is 75.3 Å². The van der Waals surface area contributed by atoms with Gasteiger partial charge < -0.3 is 44.4 Å². The fourth-order valence-electron chi connectivity index (χ4n) is 9.00. The zero-order chi connectivity index (χ0) is 51.7. The van der Waals surface area contributed by atoms with Crippen LogP contribution in [0.15, 0.2) is 53.5 Å². The molecule has 72 heavy (non-hydrogen) atoms. The number of aromatic nitrogens is 1. The fraction of sp³-hybridized carbons (Fsp3) is 0.490. The van der Waals surface area contributed by atoms with Crippen molar-refractivity contribution in [3.8, 4) is 0 Å². The van der Waals surface area contributed by atoms with E-state index in [4.69, 9.17) is 18.9 Å². The summed E-state index contributed by atoms with van der Waals surface area (Å²) < 4.78 is 80.1. The number of carbonyl (C=O) groups excluding carboxylic acids is 6. The topological polar surface area (TPSA) is 221 Å². The molecule has 0 bridgehead atoms. The first-order chi connectivity index (χ1) is 34.4. The van der Waals surface area contributed by atoms with Crippen LogP contribution < -0.4 is 26.4 Å². The van der Waals surface area contributed by atoms with E-state index in [-0.39, 0.29) is 106 Å². The molecule has 4 aliphatic heterocycles. The van der Waals surface area contributed by atoms with Gasteiger partial charge in [-0.3, -0.25) is 48.7 Å².